The van der Waals surface area contributed by atoms with Gasteiger partial charge in [0.1, 0.15) is 0 Å². The molecule has 2 aliphatic rings. The number of carboxylic acid groups (broad SMARTS) is 1. The van der Waals surface area contributed by atoms with E-state index in [0.29, 0.717) is 11.6 Å². The summed E-state index contributed by atoms with van der Waals surface area (Å²) in [6.07, 6.45) is 2.69. The Balaban J connectivity index is 1.66. The summed E-state index contributed by atoms with van der Waals surface area (Å²) in [6, 6.07) is 7.27. The molecule has 1 aromatic rings. The van der Waals surface area contributed by atoms with Gasteiger partial charge in [-0.2, -0.15) is 0 Å². The molecule has 2 bridgehead atoms. The molecule has 1 amide bonds. The molecule has 1 aromatic carbocycles. The molecule has 0 aliphatic heterocycles. The highest BCUT2D eigenvalue weighted by Crippen LogP contribution is 2.52. The first kappa shape index (κ1) is 14.4. The molecule has 0 unspecified atom stereocenters. The topological polar surface area (TPSA) is 69.2 Å². The van der Waals surface area contributed by atoms with Crippen LogP contribution < -0.4 is 10.4 Å². The minimum Gasteiger partial charge on any atom is -0.550 e. The smallest absolute Gasteiger partial charge is 0.224 e. The maximum Gasteiger partial charge on any atom is 0.224 e. The summed E-state index contributed by atoms with van der Waals surface area (Å²) in [5.41, 5.74) is 0.906. The van der Waals surface area contributed by atoms with Gasteiger partial charge in [0.15, 0.2) is 0 Å². The number of amides is 1. The summed E-state index contributed by atoms with van der Waals surface area (Å²) in [7, 11) is 0. The van der Waals surface area contributed by atoms with Crippen molar-refractivity contribution in [2.75, 3.05) is 0 Å². The van der Waals surface area contributed by atoms with Gasteiger partial charge < -0.3 is 15.2 Å². The van der Waals surface area contributed by atoms with Crippen molar-refractivity contribution in [1.82, 2.24) is 5.32 Å². The van der Waals surface area contributed by atoms with E-state index < -0.39 is 17.8 Å². The number of nitrogens with one attached hydrogen (secondary N) is 1. The Kier molecular flexibility index (Phi) is 3.89. The highest BCUT2D eigenvalue weighted by molar-refractivity contribution is 6.30. The highest BCUT2D eigenvalue weighted by Gasteiger charge is 2.51. The molecule has 3 rings (SSSR count). The van der Waals surface area contributed by atoms with Crippen LogP contribution in [0, 0.1) is 23.7 Å². The predicted molar refractivity (Wildman–Crippen MR) is 76.1 cm³/mol. The standard InChI is InChI=1S/C16H18ClNO3/c17-12-3-1-2-9(6-12)8-18-15(19)13-10-4-5-11(7-10)14(13)16(20)21/h1-3,6,10-11,13-14H,4-5,7-8H2,(H,18,19)(H,20,21)/p-1/t10-,11-,13+,14-/m0/s1. The number of carbonyl (C=O) groups excluding carboxylic acids is 2. The lowest BCUT2D eigenvalue weighted by molar-refractivity contribution is -0.314. The zero-order valence-electron chi connectivity index (χ0n) is 11.5. The van der Waals surface area contributed by atoms with Crippen molar-refractivity contribution in [2.24, 2.45) is 23.7 Å². The SMILES string of the molecule is O=C(NCc1cccc(Cl)c1)[C@@H]1[C@H]2CC[C@@H](C2)[C@@H]1C(=O)[O-]. The van der Waals surface area contributed by atoms with Crippen molar-refractivity contribution < 1.29 is 14.7 Å². The largest absolute Gasteiger partial charge is 0.550 e. The monoisotopic (exact) mass is 306 g/mol. The molecule has 0 aromatic heterocycles. The molecule has 2 saturated carbocycles. The maximum absolute atomic E-state index is 12.4. The molecule has 112 valence electrons. The van der Waals surface area contributed by atoms with Crippen LogP contribution in [0.3, 0.4) is 0 Å². The summed E-state index contributed by atoms with van der Waals surface area (Å²) >= 11 is 5.90. The van der Waals surface area contributed by atoms with Gasteiger partial charge in [0.25, 0.3) is 0 Å². The quantitative estimate of drug-likeness (QED) is 0.913. The van der Waals surface area contributed by atoms with E-state index in [4.69, 9.17) is 11.6 Å². The third kappa shape index (κ3) is 2.77. The van der Waals surface area contributed by atoms with Gasteiger partial charge in [0, 0.05) is 29.4 Å². The summed E-state index contributed by atoms with van der Waals surface area (Å²) in [4.78, 5) is 23.7. The van der Waals surface area contributed by atoms with Crippen LogP contribution >= 0.6 is 11.6 Å². The number of aliphatic carboxylic acids is 1. The summed E-state index contributed by atoms with van der Waals surface area (Å²) < 4.78 is 0. The Morgan fingerprint density at radius 3 is 2.62 bits per heavy atom. The third-order valence-electron chi connectivity index (χ3n) is 4.85. The van der Waals surface area contributed by atoms with Crippen LogP contribution in [0.1, 0.15) is 24.8 Å². The van der Waals surface area contributed by atoms with Gasteiger partial charge in [-0.05, 0) is 48.8 Å². The molecular weight excluding hydrogens is 290 g/mol. The molecule has 1 N–H and O–H groups in total. The molecular formula is C16H17ClNO3-. The van der Waals surface area contributed by atoms with Gasteiger partial charge in [-0.1, -0.05) is 23.7 Å². The summed E-state index contributed by atoms with van der Waals surface area (Å²) in [5, 5.41) is 14.8. The van der Waals surface area contributed by atoms with Gasteiger partial charge in [-0.15, -0.1) is 0 Å². The molecule has 5 heteroatoms. The fraction of sp³-hybridized carbons (Fsp3) is 0.500. The lowest BCUT2D eigenvalue weighted by Gasteiger charge is -2.30. The average Bonchev–Trinajstić information content (AvgIpc) is 3.05. The van der Waals surface area contributed by atoms with Crippen molar-refractivity contribution in [2.45, 2.75) is 25.8 Å². The third-order valence-corrected chi connectivity index (χ3v) is 5.08. The van der Waals surface area contributed by atoms with E-state index in [9.17, 15) is 14.7 Å². The zero-order chi connectivity index (χ0) is 15.0. The second kappa shape index (κ2) is 5.68. The minimum absolute atomic E-state index is 0.113. The van der Waals surface area contributed by atoms with Crippen LogP contribution in [0.5, 0.6) is 0 Å². The first-order valence-corrected chi connectivity index (χ1v) is 7.67. The second-order valence-electron chi connectivity index (χ2n) is 6.05. The van der Waals surface area contributed by atoms with Crippen LogP contribution in [0.2, 0.25) is 5.02 Å². The van der Waals surface area contributed by atoms with Crippen LogP contribution in [-0.2, 0) is 16.1 Å². The van der Waals surface area contributed by atoms with Crippen LogP contribution in [-0.4, -0.2) is 11.9 Å². The zero-order valence-corrected chi connectivity index (χ0v) is 12.3. The van der Waals surface area contributed by atoms with E-state index in [1.54, 1.807) is 12.1 Å². The van der Waals surface area contributed by atoms with E-state index >= 15 is 0 Å². The highest BCUT2D eigenvalue weighted by atomic mass is 35.5. The van der Waals surface area contributed by atoms with Gasteiger partial charge >= 0.3 is 0 Å². The average molecular weight is 307 g/mol. The number of benzene rings is 1. The Morgan fingerprint density at radius 2 is 1.95 bits per heavy atom. The number of hydrogen-bond acceptors (Lipinski definition) is 3. The fourth-order valence-corrected chi connectivity index (χ4v) is 4.17. The first-order valence-electron chi connectivity index (χ1n) is 7.29. The van der Waals surface area contributed by atoms with Crippen LogP contribution in [0.25, 0.3) is 0 Å². The molecule has 4 atom stereocenters. The molecule has 2 aliphatic carbocycles. The molecule has 4 nitrogen and oxygen atoms in total. The molecule has 0 saturated heterocycles. The lowest BCUT2D eigenvalue weighted by atomic mass is 9.78. The van der Waals surface area contributed by atoms with Crippen molar-refractivity contribution in [3.8, 4) is 0 Å². The van der Waals surface area contributed by atoms with E-state index in [1.165, 1.54) is 0 Å². The number of fused-ring (bicyclic) bond motifs is 2. The van der Waals surface area contributed by atoms with Crippen molar-refractivity contribution in [1.29, 1.82) is 0 Å². The normalized spacial score (nSPS) is 30.3. The summed E-state index contributed by atoms with van der Waals surface area (Å²) in [5.74, 6) is -2.00. The molecule has 21 heavy (non-hydrogen) atoms. The van der Waals surface area contributed by atoms with Gasteiger partial charge in [0.05, 0.1) is 0 Å². The number of halogens is 1. The van der Waals surface area contributed by atoms with E-state index in [0.717, 1.165) is 24.8 Å². The van der Waals surface area contributed by atoms with Crippen molar-refractivity contribution in [3.63, 3.8) is 0 Å². The van der Waals surface area contributed by atoms with E-state index in [-0.39, 0.29) is 17.7 Å². The number of hydrogen-bond donors (Lipinski definition) is 1. The van der Waals surface area contributed by atoms with E-state index in [1.807, 2.05) is 12.1 Å². The van der Waals surface area contributed by atoms with E-state index in [2.05, 4.69) is 5.32 Å². The van der Waals surface area contributed by atoms with Gasteiger partial charge in [-0.3, -0.25) is 4.79 Å². The second-order valence-corrected chi connectivity index (χ2v) is 6.49. The molecule has 0 spiro atoms. The maximum atomic E-state index is 12.4. The van der Waals surface area contributed by atoms with Crippen LogP contribution in [0.4, 0.5) is 0 Å². The van der Waals surface area contributed by atoms with Crippen molar-refractivity contribution in [3.05, 3.63) is 34.9 Å². The molecule has 0 radical (unpaired) electrons. The number of carboxylic acids is 1. The lowest BCUT2D eigenvalue weighted by Crippen LogP contribution is -2.45. The predicted octanol–water partition coefficient (Wildman–Crippen LogP) is 1.37. The Morgan fingerprint density at radius 1 is 1.24 bits per heavy atom. The number of rotatable bonds is 4. The van der Waals surface area contributed by atoms with Crippen LogP contribution in [0.15, 0.2) is 24.3 Å². The first-order chi connectivity index (χ1) is 10.1. The Hall–Kier alpha value is -1.55. The fourth-order valence-electron chi connectivity index (χ4n) is 3.96. The Bertz CT molecular complexity index is 574. The molecule has 0 heterocycles. The van der Waals surface area contributed by atoms with Gasteiger partial charge in [-0.25, -0.2) is 0 Å². The van der Waals surface area contributed by atoms with Gasteiger partial charge in [0.2, 0.25) is 5.91 Å². The number of carbonyl (C=O) groups is 2. The molecule has 2 fully saturated rings. The summed E-state index contributed by atoms with van der Waals surface area (Å²) in [6.45, 7) is 0.368. The minimum atomic E-state index is -1.08. The van der Waals surface area contributed by atoms with Crippen molar-refractivity contribution >= 4 is 23.5 Å². The Labute approximate surface area is 128 Å².